The second-order valence-corrected chi connectivity index (χ2v) is 2.72. The molecule has 0 aliphatic heterocycles. The maximum atomic E-state index is 8.81. The summed E-state index contributed by atoms with van der Waals surface area (Å²) in [7, 11) is 1.53. The number of nitrogens with zero attached hydrogens (tertiary/aromatic N) is 3. The van der Waals surface area contributed by atoms with Gasteiger partial charge < -0.3 is 4.74 Å². The number of benzene rings is 1. The van der Waals surface area contributed by atoms with E-state index >= 15 is 0 Å². The highest BCUT2D eigenvalue weighted by molar-refractivity contribution is 5.89. The maximum Gasteiger partial charge on any atom is 0.241 e. The van der Waals surface area contributed by atoms with E-state index in [9.17, 15) is 0 Å². The lowest BCUT2D eigenvalue weighted by atomic mass is 10.1. The van der Waals surface area contributed by atoms with Crippen molar-refractivity contribution in [2.45, 2.75) is 0 Å². The van der Waals surface area contributed by atoms with Crippen LogP contribution in [0.15, 0.2) is 24.3 Å². The van der Waals surface area contributed by atoms with Crippen molar-refractivity contribution in [1.29, 1.82) is 5.26 Å². The first-order chi connectivity index (χ1) is 6.86. The van der Waals surface area contributed by atoms with Crippen LogP contribution in [0.25, 0.3) is 10.8 Å². The van der Waals surface area contributed by atoms with Crippen molar-refractivity contribution in [3.63, 3.8) is 0 Å². The summed E-state index contributed by atoms with van der Waals surface area (Å²) in [5.74, 6) is 0.444. The van der Waals surface area contributed by atoms with E-state index in [1.54, 1.807) is 0 Å². The largest absolute Gasteiger partial charge is 0.479 e. The number of rotatable bonds is 1. The predicted octanol–water partition coefficient (Wildman–Crippen LogP) is 1.51. The van der Waals surface area contributed by atoms with E-state index in [1.807, 2.05) is 30.3 Å². The molecule has 0 saturated heterocycles. The number of nitriles is 1. The SMILES string of the molecule is COc1nnc(C#N)c2ccccc12. The fourth-order valence-corrected chi connectivity index (χ4v) is 1.31. The first-order valence-electron chi connectivity index (χ1n) is 4.06. The van der Waals surface area contributed by atoms with Gasteiger partial charge in [0.1, 0.15) is 6.07 Å². The molecule has 1 aromatic heterocycles. The molecule has 1 heterocycles. The van der Waals surface area contributed by atoms with Crippen LogP contribution in [0.1, 0.15) is 5.69 Å². The van der Waals surface area contributed by atoms with Crippen LogP contribution < -0.4 is 4.74 Å². The molecule has 0 spiro atoms. The van der Waals surface area contributed by atoms with Gasteiger partial charge in [0.25, 0.3) is 0 Å². The van der Waals surface area contributed by atoms with E-state index in [4.69, 9.17) is 10.00 Å². The number of ether oxygens (including phenoxy) is 1. The van der Waals surface area contributed by atoms with Crippen molar-refractivity contribution in [3.05, 3.63) is 30.0 Å². The highest BCUT2D eigenvalue weighted by Gasteiger charge is 2.07. The molecular formula is C10H7N3O. The molecule has 0 unspecified atom stereocenters. The van der Waals surface area contributed by atoms with Crippen LogP contribution in [0.2, 0.25) is 0 Å². The second-order valence-electron chi connectivity index (χ2n) is 2.72. The molecule has 0 bridgehead atoms. The first-order valence-corrected chi connectivity index (χ1v) is 4.06. The van der Waals surface area contributed by atoms with E-state index in [2.05, 4.69) is 10.2 Å². The average Bonchev–Trinajstić information content (AvgIpc) is 2.27. The van der Waals surface area contributed by atoms with E-state index in [0.29, 0.717) is 11.6 Å². The van der Waals surface area contributed by atoms with E-state index in [-0.39, 0.29) is 0 Å². The molecule has 0 aliphatic rings. The Morgan fingerprint density at radius 2 is 1.93 bits per heavy atom. The van der Waals surface area contributed by atoms with Gasteiger partial charge in [-0.3, -0.25) is 0 Å². The zero-order valence-electron chi connectivity index (χ0n) is 7.56. The normalized spacial score (nSPS) is 9.71. The molecule has 4 nitrogen and oxygen atoms in total. The maximum absolute atomic E-state index is 8.81. The number of aromatic nitrogens is 2. The highest BCUT2D eigenvalue weighted by Crippen LogP contribution is 2.23. The Labute approximate surface area is 80.8 Å². The minimum Gasteiger partial charge on any atom is -0.479 e. The molecule has 0 fully saturated rings. The summed E-state index contributed by atoms with van der Waals surface area (Å²) >= 11 is 0. The van der Waals surface area contributed by atoms with E-state index < -0.39 is 0 Å². The lowest BCUT2D eigenvalue weighted by Gasteiger charge is -2.02. The van der Waals surface area contributed by atoms with Crippen molar-refractivity contribution in [3.8, 4) is 11.9 Å². The Morgan fingerprint density at radius 3 is 2.57 bits per heavy atom. The predicted molar refractivity (Wildman–Crippen MR) is 50.8 cm³/mol. The molecule has 0 aliphatic carbocycles. The van der Waals surface area contributed by atoms with Gasteiger partial charge in [-0.15, -0.1) is 10.2 Å². The molecule has 14 heavy (non-hydrogen) atoms. The Morgan fingerprint density at radius 1 is 1.21 bits per heavy atom. The summed E-state index contributed by atoms with van der Waals surface area (Å²) in [5, 5.41) is 17.9. The monoisotopic (exact) mass is 185 g/mol. The van der Waals surface area contributed by atoms with Crippen molar-refractivity contribution in [2.24, 2.45) is 0 Å². The Kier molecular flexibility index (Phi) is 1.99. The zero-order valence-corrected chi connectivity index (χ0v) is 7.56. The van der Waals surface area contributed by atoms with Crippen molar-refractivity contribution in [2.75, 3.05) is 7.11 Å². The van der Waals surface area contributed by atoms with Gasteiger partial charge in [-0.1, -0.05) is 18.2 Å². The summed E-state index contributed by atoms with van der Waals surface area (Å²) in [6, 6.07) is 9.39. The average molecular weight is 185 g/mol. The molecule has 0 amide bonds. The summed E-state index contributed by atoms with van der Waals surface area (Å²) in [5.41, 5.74) is 0.321. The van der Waals surface area contributed by atoms with Gasteiger partial charge in [0.15, 0.2) is 5.69 Å². The van der Waals surface area contributed by atoms with E-state index in [1.165, 1.54) is 7.11 Å². The van der Waals surface area contributed by atoms with Gasteiger partial charge in [-0.25, -0.2) is 0 Å². The van der Waals surface area contributed by atoms with Gasteiger partial charge in [-0.05, 0) is 6.07 Å². The minimum atomic E-state index is 0.321. The topological polar surface area (TPSA) is 58.8 Å². The summed E-state index contributed by atoms with van der Waals surface area (Å²) in [6.07, 6.45) is 0. The van der Waals surface area contributed by atoms with Gasteiger partial charge in [-0.2, -0.15) is 5.26 Å². The molecule has 2 rings (SSSR count). The second kappa shape index (κ2) is 3.30. The van der Waals surface area contributed by atoms with Crippen LogP contribution in [-0.4, -0.2) is 17.3 Å². The molecule has 1 aromatic carbocycles. The van der Waals surface area contributed by atoms with E-state index in [0.717, 1.165) is 10.8 Å². The smallest absolute Gasteiger partial charge is 0.241 e. The third-order valence-corrected chi connectivity index (χ3v) is 1.95. The number of hydrogen-bond acceptors (Lipinski definition) is 4. The van der Waals surface area contributed by atoms with Crippen molar-refractivity contribution < 1.29 is 4.74 Å². The number of fused-ring (bicyclic) bond motifs is 1. The van der Waals surface area contributed by atoms with Crippen LogP contribution >= 0.6 is 0 Å². The lowest BCUT2D eigenvalue weighted by molar-refractivity contribution is 0.397. The van der Waals surface area contributed by atoms with Gasteiger partial charge in [0, 0.05) is 10.8 Å². The van der Waals surface area contributed by atoms with Gasteiger partial charge in [0.05, 0.1) is 7.11 Å². The molecular weight excluding hydrogens is 178 g/mol. The van der Waals surface area contributed by atoms with Crippen molar-refractivity contribution >= 4 is 10.8 Å². The summed E-state index contributed by atoms with van der Waals surface area (Å²) in [6.45, 7) is 0. The fraction of sp³-hybridized carbons (Fsp3) is 0.100. The molecule has 2 aromatic rings. The Bertz CT molecular complexity index is 516. The van der Waals surface area contributed by atoms with Crippen LogP contribution in [0.5, 0.6) is 5.88 Å². The zero-order chi connectivity index (χ0) is 9.97. The Balaban J connectivity index is 2.87. The molecule has 0 saturated carbocycles. The third-order valence-electron chi connectivity index (χ3n) is 1.95. The van der Waals surface area contributed by atoms with Gasteiger partial charge in [0.2, 0.25) is 5.88 Å². The highest BCUT2D eigenvalue weighted by atomic mass is 16.5. The third kappa shape index (κ3) is 1.15. The quantitative estimate of drug-likeness (QED) is 0.675. The van der Waals surface area contributed by atoms with Crippen LogP contribution in [-0.2, 0) is 0 Å². The summed E-state index contributed by atoms with van der Waals surface area (Å²) < 4.78 is 5.04. The number of hydrogen-bond donors (Lipinski definition) is 0. The molecule has 68 valence electrons. The summed E-state index contributed by atoms with van der Waals surface area (Å²) in [4.78, 5) is 0. The molecule has 0 atom stereocenters. The van der Waals surface area contributed by atoms with Crippen LogP contribution in [0.4, 0.5) is 0 Å². The molecule has 0 N–H and O–H groups in total. The standard InChI is InChI=1S/C10H7N3O/c1-14-10-8-5-3-2-4-7(8)9(6-11)12-13-10/h2-5H,1H3. The Hall–Kier alpha value is -2.15. The number of methoxy groups -OCH3 is 1. The van der Waals surface area contributed by atoms with Crippen LogP contribution in [0.3, 0.4) is 0 Å². The molecule has 4 heteroatoms. The van der Waals surface area contributed by atoms with Crippen molar-refractivity contribution in [1.82, 2.24) is 10.2 Å². The fourth-order valence-electron chi connectivity index (χ4n) is 1.31. The van der Waals surface area contributed by atoms with Crippen LogP contribution in [0, 0.1) is 11.3 Å². The lowest BCUT2D eigenvalue weighted by Crippen LogP contribution is -1.95. The first kappa shape index (κ1) is 8.45. The van der Waals surface area contributed by atoms with Gasteiger partial charge >= 0.3 is 0 Å². The molecule has 0 radical (unpaired) electrons. The minimum absolute atomic E-state index is 0.321.